The van der Waals surface area contributed by atoms with Crippen LogP contribution in [-0.2, 0) is 19.5 Å². The standard InChI is InChI=1S/C17H23N5O.2ClH/c1-11-4-5-12(10-22(2)3)8-15(11)19-17(23)16-13-9-18-7-6-14(13)20-21-16;;/h4-5,8,18H,6-7,9-10H2,1-3H3,(H,19,23)(H,20,21);2*1H. The van der Waals surface area contributed by atoms with E-state index in [4.69, 9.17) is 0 Å². The quantitative estimate of drug-likeness (QED) is 0.755. The van der Waals surface area contributed by atoms with Crippen LogP contribution in [-0.4, -0.2) is 41.6 Å². The summed E-state index contributed by atoms with van der Waals surface area (Å²) in [5, 5.41) is 13.5. The molecule has 1 aromatic carbocycles. The van der Waals surface area contributed by atoms with Crippen LogP contribution in [0.4, 0.5) is 5.69 Å². The highest BCUT2D eigenvalue weighted by molar-refractivity contribution is 6.04. The van der Waals surface area contributed by atoms with Gasteiger partial charge in [0.25, 0.3) is 5.91 Å². The average Bonchev–Trinajstić information content (AvgIpc) is 2.94. The van der Waals surface area contributed by atoms with E-state index < -0.39 is 0 Å². The van der Waals surface area contributed by atoms with Gasteiger partial charge in [-0.25, -0.2) is 0 Å². The number of fused-ring (bicyclic) bond motifs is 1. The number of anilines is 1. The highest BCUT2D eigenvalue weighted by Crippen LogP contribution is 2.21. The van der Waals surface area contributed by atoms with Crippen molar-refractivity contribution in [2.24, 2.45) is 0 Å². The number of H-pyrrole nitrogens is 1. The summed E-state index contributed by atoms with van der Waals surface area (Å²) in [6.07, 6.45) is 0.882. The van der Waals surface area contributed by atoms with Crippen molar-refractivity contribution in [2.75, 3.05) is 26.0 Å². The van der Waals surface area contributed by atoms with Crippen LogP contribution < -0.4 is 10.6 Å². The number of rotatable bonds is 4. The predicted molar refractivity (Wildman–Crippen MR) is 105 cm³/mol. The topological polar surface area (TPSA) is 73.0 Å². The molecular weight excluding hydrogens is 361 g/mol. The fourth-order valence-electron chi connectivity index (χ4n) is 2.86. The zero-order valence-electron chi connectivity index (χ0n) is 14.7. The summed E-state index contributed by atoms with van der Waals surface area (Å²) < 4.78 is 0. The van der Waals surface area contributed by atoms with E-state index in [1.807, 2.05) is 33.2 Å². The molecule has 1 amide bonds. The molecule has 0 atom stereocenters. The van der Waals surface area contributed by atoms with E-state index in [-0.39, 0.29) is 30.7 Å². The lowest BCUT2D eigenvalue weighted by Gasteiger charge is -2.15. The molecule has 0 fully saturated rings. The third kappa shape index (κ3) is 4.95. The number of carbonyl (C=O) groups is 1. The lowest BCUT2D eigenvalue weighted by atomic mass is 10.1. The summed E-state index contributed by atoms with van der Waals surface area (Å²) in [6.45, 7) is 4.44. The van der Waals surface area contributed by atoms with Crippen molar-refractivity contribution in [3.05, 3.63) is 46.3 Å². The molecule has 8 heteroatoms. The van der Waals surface area contributed by atoms with E-state index in [0.29, 0.717) is 12.2 Å². The Morgan fingerprint density at radius 1 is 1.32 bits per heavy atom. The Labute approximate surface area is 160 Å². The second-order valence-electron chi connectivity index (χ2n) is 6.30. The van der Waals surface area contributed by atoms with Crippen molar-refractivity contribution in [1.29, 1.82) is 0 Å². The maximum absolute atomic E-state index is 12.6. The summed E-state index contributed by atoms with van der Waals surface area (Å²) in [7, 11) is 4.06. The number of benzene rings is 1. The van der Waals surface area contributed by atoms with Crippen LogP contribution in [0, 0.1) is 6.92 Å². The van der Waals surface area contributed by atoms with Crippen LogP contribution in [0.25, 0.3) is 0 Å². The summed E-state index contributed by atoms with van der Waals surface area (Å²) in [6, 6.07) is 6.16. The van der Waals surface area contributed by atoms with Gasteiger partial charge in [-0.3, -0.25) is 9.89 Å². The molecular formula is C17H25Cl2N5O. The molecule has 0 aliphatic carbocycles. The van der Waals surface area contributed by atoms with Crippen molar-refractivity contribution < 1.29 is 4.79 Å². The monoisotopic (exact) mass is 385 g/mol. The fraction of sp³-hybridized carbons (Fsp3) is 0.412. The van der Waals surface area contributed by atoms with Gasteiger partial charge in [-0.05, 0) is 38.2 Å². The number of nitrogens with one attached hydrogen (secondary N) is 3. The minimum Gasteiger partial charge on any atom is -0.320 e. The van der Waals surface area contributed by atoms with Gasteiger partial charge in [0.1, 0.15) is 0 Å². The molecule has 2 heterocycles. The van der Waals surface area contributed by atoms with Gasteiger partial charge in [0.05, 0.1) is 0 Å². The van der Waals surface area contributed by atoms with Gasteiger partial charge >= 0.3 is 0 Å². The number of amides is 1. The van der Waals surface area contributed by atoms with Crippen LogP contribution >= 0.6 is 24.8 Å². The zero-order valence-corrected chi connectivity index (χ0v) is 16.3. The van der Waals surface area contributed by atoms with E-state index in [1.54, 1.807) is 0 Å². The van der Waals surface area contributed by atoms with Crippen LogP contribution in [0.1, 0.15) is 32.9 Å². The van der Waals surface area contributed by atoms with E-state index in [9.17, 15) is 4.79 Å². The molecule has 3 N–H and O–H groups in total. The number of aryl methyl sites for hydroxylation is 1. The molecule has 0 radical (unpaired) electrons. The first-order valence-corrected chi connectivity index (χ1v) is 7.87. The Morgan fingerprint density at radius 2 is 2.08 bits per heavy atom. The zero-order chi connectivity index (χ0) is 16.4. The molecule has 0 saturated heterocycles. The number of halogens is 2. The minimum atomic E-state index is -0.156. The Kier molecular flexibility index (Phi) is 7.89. The molecule has 25 heavy (non-hydrogen) atoms. The molecule has 1 aliphatic heterocycles. The van der Waals surface area contributed by atoms with E-state index >= 15 is 0 Å². The van der Waals surface area contributed by atoms with Crippen molar-refractivity contribution in [1.82, 2.24) is 20.4 Å². The van der Waals surface area contributed by atoms with Crippen molar-refractivity contribution >= 4 is 36.4 Å². The molecule has 3 rings (SSSR count). The van der Waals surface area contributed by atoms with Gasteiger partial charge in [0.2, 0.25) is 0 Å². The average molecular weight is 386 g/mol. The molecule has 138 valence electrons. The van der Waals surface area contributed by atoms with Gasteiger partial charge in [-0.15, -0.1) is 24.8 Å². The lowest BCUT2D eigenvalue weighted by molar-refractivity contribution is 0.102. The highest BCUT2D eigenvalue weighted by atomic mass is 35.5. The van der Waals surface area contributed by atoms with Gasteiger partial charge in [0, 0.05) is 43.0 Å². The Morgan fingerprint density at radius 3 is 2.80 bits per heavy atom. The fourth-order valence-corrected chi connectivity index (χ4v) is 2.86. The molecule has 0 spiro atoms. The lowest BCUT2D eigenvalue weighted by Crippen LogP contribution is -2.25. The van der Waals surface area contributed by atoms with Crippen molar-refractivity contribution in [3.8, 4) is 0 Å². The van der Waals surface area contributed by atoms with Gasteiger partial charge < -0.3 is 15.5 Å². The number of nitrogens with zero attached hydrogens (tertiary/aromatic N) is 2. The Hall–Kier alpha value is -1.60. The first-order valence-electron chi connectivity index (χ1n) is 7.87. The first-order chi connectivity index (χ1) is 11.0. The molecule has 1 aliphatic rings. The van der Waals surface area contributed by atoms with E-state index in [1.165, 1.54) is 5.56 Å². The third-order valence-corrected chi connectivity index (χ3v) is 4.07. The SMILES string of the molecule is Cc1ccc(CN(C)C)cc1NC(=O)c1n[nH]c2c1CNCC2.Cl.Cl. The second kappa shape index (κ2) is 9.20. The molecule has 2 aromatic rings. The third-order valence-electron chi connectivity index (χ3n) is 4.07. The minimum absolute atomic E-state index is 0. The van der Waals surface area contributed by atoms with Gasteiger partial charge in [-0.2, -0.15) is 5.10 Å². The Balaban J connectivity index is 0.00000156. The number of hydrogen-bond donors (Lipinski definition) is 3. The first kappa shape index (κ1) is 21.4. The number of carbonyl (C=O) groups excluding carboxylic acids is 1. The van der Waals surface area contributed by atoms with Crippen LogP contribution in [0.3, 0.4) is 0 Å². The number of hydrogen-bond acceptors (Lipinski definition) is 4. The van der Waals surface area contributed by atoms with Crippen LogP contribution in [0.5, 0.6) is 0 Å². The smallest absolute Gasteiger partial charge is 0.276 e. The molecule has 6 nitrogen and oxygen atoms in total. The molecule has 0 unspecified atom stereocenters. The van der Waals surface area contributed by atoms with Gasteiger partial charge in [-0.1, -0.05) is 12.1 Å². The number of aromatic amines is 1. The van der Waals surface area contributed by atoms with Crippen LogP contribution in [0.15, 0.2) is 18.2 Å². The summed E-state index contributed by atoms with van der Waals surface area (Å²) in [5.41, 5.74) is 5.59. The highest BCUT2D eigenvalue weighted by Gasteiger charge is 2.21. The normalized spacial score (nSPS) is 12.8. The summed E-state index contributed by atoms with van der Waals surface area (Å²) >= 11 is 0. The summed E-state index contributed by atoms with van der Waals surface area (Å²) in [5.74, 6) is -0.156. The maximum atomic E-state index is 12.6. The number of aromatic nitrogens is 2. The van der Waals surface area contributed by atoms with Crippen molar-refractivity contribution in [2.45, 2.75) is 26.4 Å². The maximum Gasteiger partial charge on any atom is 0.276 e. The van der Waals surface area contributed by atoms with Gasteiger partial charge in [0.15, 0.2) is 5.69 Å². The van der Waals surface area contributed by atoms with E-state index in [2.05, 4.69) is 31.8 Å². The largest absolute Gasteiger partial charge is 0.320 e. The van der Waals surface area contributed by atoms with Crippen LogP contribution in [0.2, 0.25) is 0 Å². The predicted octanol–water partition coefficient (Wildman–Crippen LogP) is 2.52. The molecule has 0 bridgehead atoms. The molecule has 0 saturated carbocycles. The van der Waals surface area contributed by atoms with E-state index in [0.717, 1.165) is 42.0 Å². The second-order valence-corrected chi connectivity index (χ2v) is 6.30. The summed E-state index contributed by atoms with van der Waals surface area (Å²) in [4.78, 5) is 14.7. The Bertz CT molecular complexity index is 730. The van der Waals surface area contributed by atoms with Crippen molar-refractivity contribution in [3.63, 3.8) is 0 Å². The molecule has 1 aromatic heterocycles.